The number of nitrogens with zero attached hydrogens (tertiary/aromatic N) is 3. The molecule has 1 aromatic heterocycles. The van der Waals surface area contributed by atoms with E-state index in [-0.39, 0.29) is 0 Å². The van der Waals surface area contributed by atoms with Gasteiger partial charge < -0.3 is 0 Å². The van der Waals surface area contributed by atoms with Crippen molar-refractivity contribution >= 4 is 17.6 Å². The van der Waals surface area contributed by atoms with Gasteiger partial charge in [0, 0.05) is 6.20 Å². The molecule has 0 aliphatic carbocycles. The quantitative estimate of drug-likeness (QED) is 0.520. The van der Waals surface area contributed by atoms with Crippen molar-refractivity contribution < 1.29 is 0 Å². The lowest BCUT2D eigenvalue weighted by Crippen LogP contribution is -2.09. The molecule has 0 aliphatic rings. The van der Waals surface area contributed by atoms with Crippen molar-refractivity contribution in [3.05, 3.63) is 90.3 Å². The smallest absolute Gasteiger partial charge is 0.0830 e. The number of hydrogen-bond donors (Lipinski definition) is 0. The summed E-state index contributed by atoms with van der Waals surface area (Å²) in [5.74, 6) is 0. The van der Waals surface area contributed by atoms with Crippen LogP contribution in [-0.4, -0.2) is 11.2 Å². The summed E-state index contributed by atoms with van der Waals surface area (Å²) >= 11 is 0. The van der Waals surface area contributed by atoms with Crippen LogP contribution in [0.3, 0.4) is 0 Å². The van der Waals surface area contributed by atoms with Gasteiger partial charge in [-0.3, -0.25) is 4.98 Å². The molecule has 3 nitrogen and oxygen atoms in total. The van der Waals surface area contributed by atoms with Gasteiger partial charge in [0.25, 0.3) is 0 Å². The molecule has 0 saturated heterocycles. The van der Waals surface area contributed by atoms with Crippen molar-refractivity contribution in [3.8, 4) is 0 Å². The Morgan fingerprint density at radius 1 is 0.818 bits per heavy atom. The number of benzene rings is 2. The molecule has 22 heavy (non-hydrogen) atoms. The minimum Gasteiger partial charge on any atom is -0.255 e. The van der Waals surface area contributed by atoms with Crippen molar-refractivity contribution in [2.45, 2.75) is 6.92 Å². The summed E-state index contributed by atoms with van der Waals surface area (Å²) in [5, 5.41) is 6.52. The zero-order valence-corrected chi connectivity index (χ0v) is 12.4. The van der Waals surface area contributed by atoms with E-state index in [4.69, 9.17) is 0 Å². The fourth-order valence-corrected chi connectivity index (χ4v) is 2.11. The Bertz CT molecular complexity index is 735. The van der Waals surface area contributed by atoms with Crippen molar-refractivity contribution in [2.24, 2.45) is 5.10 Å². The van der Waals surface area contributed by atoms with Gasteiger partial charge in [0.15, 0.2) is 0 Å². The van der Waals surface area contributed by atoms with Crippen molar-refractivity contribution in [2.75, 3.05) is 5.01 Å². The number of aromatic nitrogens is 1. The molecule has 3 heteroatoms. The monoisotopic (exact) mass is 287 g/mol. The second kappa shape index (κ2) is 6.68. The molecule has 1 heterocycles. The second-order valence-corrected chi connectivity index (χ2v) is 4.98. The summed E-state index contributed by atoms with van der Waals surface area (Å²) in [6, 6.07) is 24.2. The highest BCUT2D eigenvalue weighted by atomic mass is 15.5. The van der Waals surface area contributed by atoms with E-state index >= 15 is 0 Å². The first kappa shape index (κ1) is 14.0. The molecule has 3 aromatic rings. The predicted molar refractivity (Wildman–Crippen MR) is 91.6 cm³/mol. The van der Waals surface area contributed by atoms with E-state index in [0.717, 1.165) is 17.1 Å². The zero-order chi connectivity index (χ0) is 15.2. The van der Waals surface area contributed by atoms with E-state index in [0.29, 0.717) is 0 Å². The lowest BCUT2D eigenvalue weighted by atomic mass is 10.2. The van der Waals surface area contributed by atoms with Crippen LogP contribution in [0.15, 0.2) is 84.1 Å². The van der Waals surface area contributed by atoms with Gasteiger partial charge in [0.1, 0.15) is 0 Å². The molecule has 0 bridgehead atoms. The SMILES string of the molecule is Cc1ccc(N(/N=C/c2ccccn2)c2ccccc2)cc1. The average Bonchev–Trinajstić information content (AvgIpc) is 2.58. The molecule has 0 fully saturated rings. The van der Waals surface area contributed by atoms with Gasteiger partial charge >= 0.3 is 0 Å². The maximum Gasteiger partial charge on any atom is 0.0830 e. The molecule has 0 N–H and O–H groups in total. The van der Waals surface area contributed by atoms with Gasteiger partial charge in [-0.2, -0.15) is 5.10 Å². The fourth-order valence-electron chi connectivity index (χ4n) is 2.11. The van der Waals surface area contributed by atoms with Crippen LogP contribution in [0.1, 0.15) is 11.3 Å². The summed E-state index contributed by atoms with van der Waals surface area (Å²) in [4.78, 5) is 4.28. The average molecular weight is 287 g/mol. The van der Waals surface area contributed by atoms with E-state index in [1.165, 1.54) is 5.56 Å². The lowest BCUT2D eigenvalue weighted by molar-refractivity contribution is 1.09. The van der Waals surface area contributed by atoms with Crippen molar-refractivity contribution in [1.29, 1.82) is 0 Å². The standard InChI is InChI=1S/C19H17N3/c1-16-10-12-19(13-11-16)22(18-8-3-2-4-9-18)21-15-17-7-5-6-14-20-17/h2-15H,1H3/b21-15+. The molecule has 108 valence electrons. The normalized spacial score (nSPS) is 10.8. The highest BCUT2D eigenvalue weighted by molar-refractivity contribution is 5.79. The number of rotatable bonds is 4. The van der Waals surface area contributed by atoms with Crippen LogP contribution in [0.4, 0.5) is 11.4 Å². The van der Waals surface area contributed by atoms with Crippen LogP contribution in [-0.2, 0) is 0 Å². The van der Waals surface area contributed by atoms with Crippen LogP contribution in [0, 0.1) is 6.92 Å². The minimum atomic E-state index is 0.829. The molecular formula is C19H17N3. The Balaban J connectivity index is 1.96. The first-order valence-corrected chi connectivity index (χ1v) is 7.20. The maximum atomic E-state index is 4.61. The second-order valence-electron chi connectivity index (χ2n) is 4.98. The molecule has 0 amide bonds. The van der Waals surface area contributed by atoms with Gasteiger partial charge in [0.05, 0.1) is 23.3 Å². The predicted octanol–water partition coefficient (Wildman–Crippen LogP) is 4.56. The molecule has 3 rings (SSSR count). The molecule has 0 unspecified atom stereocenters. The largest absolute Gasteiger partial charge is 0.255 e. The van der Waals surface area contributed by atoms with E-state index in [9.17, 15) is 0 Å². The summed E-state index contributed by atoms with van der Waals surface area (Å²) in [6.07, 6.45) is 3.53. The molecule has 0 atom stereocenters. The van der Waals surface area contributed by atoms with Crippen LogP contribution in [0.25, 0.3) is 0 Å². The lowest BCUT2D eigenvalue weighted by Gasteiger charge is -2.19. The Labute approximate surface area is 130 Å². The number of hydrogen-bond acceptors (Lipinski definition) is 3. The number of pyridine rings is 1. The van der Waals surface area contributed by atoms with E-state index in [1.54, 1.807) is 12.4 Å². The van der Waals surface area contributed by atoms with Gasteiger partial charge in [-0.05, 0) is 43.3 Å². The first-order valence-electron chi connectivity index (χ1n) is 7.20. The van der Waals surface area contributed by atoms with E-state index < -0.39 is 0 Å². The molecule has 2 aromatic carbocycles. The first-order chi connectivity index (χ1) is 10.8. The number of hydrazone groups is 1. The summed E-state index contributed by atoms with van der Waals surface area (Å²) < 4.78 is 0. The Hall–Kier alpha value is -2.94. The Morgan fingerprint density at radius 2 is 1.50 bits per heavy atom. The molecule has 0 radical (unpaired) electrons. The Morgan fingerprint density at radius 3 is 2.18 bits per heavy atom. The Kier molecular flexibility index (Phi) is 4.25. The topological polar surface area (TPSA) is 28.5 Å². The zero-order valence-electron chi connectivity index (χ0n) is 12.4. The number of para-hydroxylation sites is 1. The van der Waals surface area contributed by atoms with Crippen molar-refractivity contribution in [1.82, 2.24) is 4.98 Å². The molecule has 0 spiro atoms. The highest BCUT2D eigenvalue weighted by Gasteiger charge is 2.06. The van der Waals surface area contributed by atoms with Gasteiger partial charge in [-0.1, -0.05) is 42.0 Å². The highest BCUT2D eigenvalue weighted by Crippen LogP contribution is 2.25. The third kappa shape index (κ3) is 3.38. The minimum absolute atomic E-state index is 0.829. The van der Waals surface area contributed by atoms with E-state index in [2.05, 4.69) is 41.3 Å². The van der Waals surface area contributed by atoms with Gasteiger partial charge in [-0.25, -0.2) is 5.01 Å². The number of anilines is 2. The molecule has 0 saturated carbocycles. The third-order valence-electron chi connectivity index (χ3n) is 3.27. The maximum absolute atomic E-state index is 4.61. The van der Waals surface area contributed by atoms with Crippen molar-refractivity contribution in [3.63, 3.8) is 0 Å². The molecule has 0 aliphatic heterocycles. The van der Waals surface area contributed by atoms with Gasteiger partial charge in [-0.15, -0.1) is 0 Å². The third-order valence-corrected chi connectivity index (χ3v) is 3.27. The van der Waals surface area contributed by atoms with E-state index in [1.807, 2.05) is 53.5 Å². The summed E-state index contributed by atoms with van der Waals surface area (Å²) in [7, 11) is 0. The van der Waals surface area contributed by atoms with Gasteiger partial charge in [0.2, 0.25) is 0 Å². The summed E-state index contributed by atoms with van der Waals surface area (Å²) in [6.45, 7) is 2.08. The number of aryl methyl sites for hydroxylation is 1. The fraction of sp³-hybridized carbons (Fsp3) is 0.0526. The van der Waals surface area contributed by atoms with Crippen LogP contribution in [0.5, 0.6) is 0 Å². The molecular weight excluding hydrogens is 270 g/mol. The van der Waals surface area contributed by atoms with Crippen LogP contribution < -0.4 is 5.01 Å². The van der Waals surface area contributed by atoms with Crippen LogP contribution in [0.2, 0.25) is 0 Å². The van der Waals surface area contributed by atoms with Crippen LogP contribution >= 0.6 is 0 Å². The summed E-state index contributed by atoms with van der Waals surface area (Å²) in [5.41, 5.74) is 4.09.